The van der Waals surface area contributed by atoms with E-state index in [4.69, 9.17) is 16.7 Å². The van der Waals surface area contributed by atoms with Gasteiger partial charge in [-0.2, -0.15) is 5.10 Å². The number of anilines is 1. The van der Waals surface area contributed by atoms with Gasteiger partial charge in [0.2, 0.25) is 5.29 Å². The molecule has 0 atom stereocenters. The second-order valence-electron chi connectivity index (χ2n) is 3.85. The highest BCUT2D eigenvalue weighted by Crippen LogP contribution is 2.22. The number of nitrogens with zero attached hydrogens (tertiary/aromatic N) is 3. The van der Waals surface area contributed by atoms with Crippen molar-refractivity contribution in [2.24, 2.45) is 9.98 Å². The van der Waals surface area contributed by atoms with Crippen molar-refractivity contribution in [1.29, 1.82) is 0 Å². The minimum atomic E-state index is -0.0737. The number of aliphatic hydroxyl groups is 1. The quantitative estimate of drug-likeness (QED) is 0.451. The summed E-state index contributed by atoms with van der Waals surface area (Å²) in [6.45, 7) is 2.24. The summed E-state index contributed by atoms with van der Waals surface area (Å²) in [6, 6.07) is 1.70. The molecular formula is C11H14ClN5OS. The molecule has 0 saturated carbocycles. The fraction of sp³-hybridized carbons (Fsp3) is 0.364. The van der Waals surface area contributed by atoms with Gasteiger partial charge in [-0.1, -0.05) is 0 Å². The van der Waals surface area contributed by atoms with Crippen LogP contribution in [0, 0.1) is 0 Å². The Hall–Kier alpha value is -1.31. The third-order valence-electron chi connectivity index (χ3n) is 2.32. The molecule has 0 unspecified atom stereocenters. The average molecular weight is 300 g/mol. The van der Waals surface area contributed by atoms with Gasteiger partial charge in [0.15, 0.2) is 0 Å². The summed E-state index contributed by atoms with van der Waals surface area (Å²) in [7, 11) is 0. The highest BCUT2D eigenvalue weighted by Gasteiger charge is 2.07. The lowest BCUT2D eigenvalue weighted by molar-refractivity contribution is 0.276. The number of allylic oxidation sites excluding steroid dienone is 2. The van der Waals surface area contributed by atoms with Crippen LogP contribution in [0.4, 0.5) is 5.82 Å². The summed E-state index contributed by atoms with van der Waals surface area (Å²) in [4.78, 5) is 9.51. The first-order valence-corrected chi connectivity index (χ1v) is 7.01. The predicted molar refractivity (Wildman–Crippen MR) is 79.9 cm³/mol. The maximum absolute atomic E-state index is 8.87. The molecule has 0 saturated heterocycles. The van der Waals surface area contributed by atoms with Gasteiger partial charge in [0.05, 0.1) is 18.0 Å². The standard InChI is InChI=1S/C11H14ClN5OS/c1-7-2-9(5-19-7)15-11(12)14-6-13-10-3-8(4-18)16-17-10/h2-3,18H,4-6H2,1H3,(H2,13,16,17). The molecule has 0 spiro atoms. The molecule has 3 N–H and O–H groups in total. The summed E-state index contributed by atoms with van der Waals surface area (Å²) < 4.78 is 0. The molecule has 102 valence electrons. The normalized spacial score (nSPS) is 17.9. The lowest BCUT2D eigenvalue weighted by Gasteiger charge is -1.97. The van der Waals surface area contributed by atoms with Crippen LogP contribution in [0.1, 0.15) is 12.6 Å². The first kappa shape index (κ1) is 14.1. The van der Waals surface area contributed by atoms with Gasteiger partial charge >= 0.3 is 0 Å². The fourth-order valence-corrected chi connectivity index (χ4v) is 2.35. The van der Waals surface area contributed by atoms with Gasteiger partial charge in [0.1, 0.15) is 12.5 Å². The Labute approximate surface area is 120 Å². The van der Waals surface area contributed by atoms with E-state index in [2.05, 4.69) is 25.5 Å². The van der Waals surface area contributed by atoms with E-state index in [0.717, 1.165) is 11.5 Å². The fourth-order valence-electron chi connectivity index (χ4n) is 1.44. The van der Waals surface area contributed by atoms with Crippen LogP contribution in [0.2, 0.25) is 0 Å². The average Bonchev–Trinajstić information content (AvgIpc) is 2.98. The van der Waals surface area contributed by atoms with Crippen LogP contribution < -0.4 is 5.32 Å². The van der Waals surface area contributed by atoms with E-state index in [1.165, 1.54) is 4.91 Å². The number of thioether (sulfide) groups is 1. The predicted octanol–water partition coefficient (Wildman–Crippen LogP) is 1.96. The number of rotatable bonds is 4. The van der Waals surface area contributed by atoms with Crippen molar-refractivity contribution >= 4 is 40.2 Å². The Morgan fingerprint density at radius 2 is 2.53 bits per heavy atom. The molecule has 1 aromatic rings. The molecule has 2 heterocycles. The van der Waals surface area contributed by atoms with Gasteiger partial charge in [0.25, 0.3) is 0 Å². The number of aliphatic hydroxyl groups excluding tert-OH is 1. The van der Waals surface area contributed by atoms with Gasteiger partial charge in [-0.05, 0) is 29.5 Å². The number of halogens is 1. The summed E-state index contributed by atoms with van der Waals surface area (Å²) in [5.41, 5.74) is 1.57. The first-order valence-electron chi connectivity index (χ1n) is 5.65. The Balaban J connectivity index is 1.85. The molecule has 2 rings (SSSR count). The minimum Gasteiger partial charge on any atom is -0.390 e. The monoisotopic (exact) mass is 299 g/mol. The highest BCUT2D eigenvalue weighted by molar-refractivity contribution is 8.04. The highest BCUT2D eigenvalue weighted by atomic mass is 35.5. The first-order chi connectivity index (χ1) is 9.17. The molecule has 0 aliphatic carbocycles. The molecule has 1 aliphatic heterocycles. The zero-order valence-electron chi connectivity index (χ0n) is 10.4. The zero-order valence-corrected chi connectivity index (χ0v) is 11.9. The molecule has 0 bridgehead atoms. The topological polar surface area (TPSA) is 85.7 Å². The Kier molecular flexibility index (Phi) is 5.00. The van der Waals surface area contributed by atoms with Gasteiger partial charge in [-0.3, -0.25) is 5.10 Å². The second kappa shape index (κ2) is 6.74. The van der Waals surface area contributed by atoms with Crippen molar-refractivity contribution in [3.63, 3.8) is 0 Å². The maximum atomic E-state index is 8.87. The summed E-state index contributed by atoms with van der Waals surface area (Å²) >= 11 is 7.66. The van der Waals surface area contributed by atoms with Crippen LogP contribution >= 0.6 is 23.4 Å². The van der Waals surface area contributed by atoms with Crippen LogP contribution in [0.3, 0.4) is 0 Å². The lowest BCUT2D eigenvalue weighted by Crippen LogP contribution is -2.02. The molecule has 0 radical (unpaired) electrons. The number of nitrogens with one attached hydrogen (secondary N) is 2. The van der Waals surface area contributed by atoms with Crippen molar-refractivity contribution in [3.05, 3.63) is 22.7 Å². The Morgan fingerprint density at radius 3 is 3.16 bits per heavy atom. The van der Waals surface area contributed by atoms with Crippen molar-refractivity contribution in [3.8, 4) is 0 Å². The van der Waals surface area contributed by atoms with Crippen molar-refractivity contribution < 1.29 is 5.11 Å². The number of amidine groups is 1. The molecule has 6 nitrogen and oxygen atoms in total. The minimum absolute atomic E-state index is 0.0737. The number of H-pyrrole nitrogens is 1. The molecule has 8 heteroatoms. The van der Waals surface area contributed by atoms with E-state index in [-0.39, 0.29) is 18.6 Å². The number of aromatic nitrogens is 2. The molecule has 1 aromatic heterocycles. The number of hydrogen-bond acceptors (Lipinski definition) is 5. The van der Waals surface area contributed by atoms with Gasteiger partial charge in [0, 0.05) is 11.8 Å². The third-order valence-corrected chi connectivity index (χ3v) is 3.54. The van der Waals surface area contributed by atoms with Crippen molar-refractivity contribution in [2.75, 3.05) is 17.7 Å². The largest absolute Gasteiger partial charge is 0.390 e. The van der Waals surface area contributed by atoms with E-state index in [9.17, 15) is 0 Å². The summed E-state index contributed by atoms with van der Waals surface area (Å²) in [6.07, 6.45) is 2.00. The van der Waals surface area contributed by atoms with E-state index in [1.54, 1.807) is 17.8 Å². The summed E-state index contributed by atoms with van der Waals surface area (Å²) in [5.74, 6) is 1.45. The van der Waals surface area contributed by atoms with E-state index < -0.39 is 0 Å². The summed E-state index contributed by atoms with van der Waals surface area (Å²) in [5, 5.41) is 18.7. The molecule has 0 aromatic carbocycles. The van der Waals surface area contributed by atoms with Crippen molar-refractivity contribution in [1.82, 2.24) is 10.2 Å². The van der Waals surface area contributed by atoms with Crippen LogP contribution in [-0.2, 0) is 6.61 Å². The van der Waals surface area contributed by atoms with E-state index in [0.29, 0.717) is 11.5 Å². The number of aromatic amines is 1. The molecular weight excluding hydrogens is 286 g/mol. The number of aliphatic imine (C=N–C) groups is 2. The van der Waals surface area contributed by atoms with Crippen molar-refractivity contribution in [2.45, 2.75) is 13.5 Å². The molecule has 19 heavy (non-hydrogen) atoms. The maximum Gasteiger partial charge on any atom is 0.219 e. The molecule has 1 aliphatic rings. The second-order valence-corrected chi connectivity index (χ2v) is 5.40. The molecule has 0 amide bonds. The van der Waals surface area contributed by atoms with Gasteiger partial charge in [-0.15, -0.1) is 11.8 Å². The van der Waals surface area contributed by atoms with E-state index in [1.807, 2.05) is 13.0 Å². The van der Waals surface area contributed by atoms with Gasteiger partial charge < -0.3 is 10.4 Å². The molecule has 0 fully saturated rings. The van der Waals surface area contributed by atoms with Crippen LogP contribution in [0.25, 0.3) is 0 Å². The van der Waals surface area contributed by atoms with Crippen LogP contribution in [0.5, 0.6) is 0 Å². The Morgan fingerprint density at radius 1 is 1.68 bits per heavy atom. The smallest absolute Gasteiger partial charge is 0.219 e. The van der Waals surface area contributed by atoms with Crippen LogP contribution in [0.15, 0.2) is 27.0 Å². The SMILES string of the molecule is CC1=CC(=NC(Cl)=NCNc2cc(CO)[nH]n2)CS1. The number of hydrogen-bond donors (Lipinski definition) is 3. The lowest BCUT2D eigenvalue weighted by atomic mass is 10.4. The third kappa shape index (κ3) is 4.38. The zero-order chi connectivity index (χ0) is 13.7. The van der Waals surface area contributed by atoms with Gasteiger partial charge in [-0.25, -0.2) is 9.98 Å². The van der Waals surface area contributed by atoms with Crippen LogP contribution in [-0.4, -0.2) is 38.7 Å². The van der Waals surface area contributed by atoms with E-state index >= 15 is 0 Å². The Bertz CT molecular complexity index is 537.